The third-order valence-corrected chi connectivity index (χ3v) is 9.43. The van der Waals surface area contributed by atoms with E-state index < -0.39 is 12.1 Å². The number of fused-ring (bicyclic) bond motifs is 2. The van der Waals surface area contributed by atoms with Gasteiger partial charge in [0.15, 0.2) is 17.3 Å². The van der Waals surface area contributed by atoms with Crippen LogP contribution in [0, 0.1) is 12.3 Å². The third kappa shape index (κ3) is 5.70. The molecule has 0 spiro atoms. The number of nitrogens with zero attached hydrogens (tertiary/aromatic N) is 3. The fourth-order valence-corrected chi connectivity index (χ4v) is 7.09. The number of hydrogen-bond donors (Lipinski definition) is 1. The standard InChI is InChI=1S/C37H40N4O5/c1-24-12-14-25(15-13-24)35-34-27(20-37(2,3)21-29(34)42)38-26-8-4-5-9-28(26)41(35)22-33(43)39-16-18-40(19-17-39)36(44)32-23-45-30-10-6-7-11-31(30)46-32/h4-15,32,35,38H,16-23H2,1-3H3. The fourth-order valence-electron chi connectivity index (χ4n) is 7.09. The molecule has 3 aliphatic heterocycles. The summed E-state index contributed by atoms with van der Waals surface area (Å²) >= 11 is 0. The lowest BCUT2D eigenvalue weighted by molar-refractivity contribution is -0.145. The van der Waals surface area contributed by atoms with E-state index >= 15 is 0 Å². The maximum Gasteiger partial charge on any atom is 0.267 e. The van der Waals surface area contributed by atoms with Gasteiger partial charge in [-0.3, -0.25) is 14.4 Å². The number of piperazine rings is 1. The molecule has 9 nitrogen and oxygen atoms in total. The maximum atomic E-state index is 14.1. The zero-order valence-corrected chi connectivity index (χ0v) is 26.6. The monoisotopic (exact) mass is 620 g/mol. The van der Waals surface area contributed by atoms with Gasteiger partial charge >= 0.3 is 0 Å². The highest BCUT2D eigenvalue weighted by atomic mass is 16.6. The van der Waals surface area contributed by atoms with Crippen molar-refractivity contribution in [3.05, 3.63) is 95.2 Å². The van der Waals surface area contributed by atoms with Gasteiger partial charge in [0.2, 0.25) is 12.0 Å². The molecular formula is C37H40N4O5. The van der Waals surface area contributed by atoms with Crippen LogP contribution in [-0.4, -0.2) is 72.8 Å². The van der Waals surface area contributed by atoms with Crippen LogP contribution in [0.4, 0.5) is 11.4 Å². The van der Waals surface area contributed by atoms with Gasteiger partial charge < -0.3 is 29.5 Å². The Morgan fingerprint density at radius 2 is 1.54 bits per heavy atom. The number of allylic oxidation sites excluding steroid dienone is 1. The van der Waals surface area contributed by atoms with Crippen molar-refractivity contribution < 1.29 is 23.9 Å². The topological polar surface area (TPSA) is 91.4 Å². The van der Waals surface area contributed by atoms with Crippen LogP contribution in [-0.2, 0) is 14.4 Å². The summed E-state index contributed by atoms with van der Waals surface area (Å²) in [4.78, 5) is 47.1. The van der Waals surface area contributed by atoms with Gasteiger partial charge in [-0.2, -0.15) is 0 Å². The van der Waals surface area contributed by atoms with Crippen molar-refractivity contribution >= 4 is 29.0 Å². The van der Waals surface area contributed by atoms with Crippen LogP contribution in [0.5, 0.6) is 11.5 Å². The van der Waals surface area contributed by atoms with Gasteiger partial charge in [-0.1, -0.05) is 67.9 Å². The van der Waals surface area contributed by atoms with Crippen LogP contribution in [0.3, 0.4) is 0 Å². The highest BCUT2D eigenvalue weighted by Gasteiger charge is 2.42. The normalized spacial score (nSPS) is 22.0. The van der Waals surface area contributed by atoms with Gasteiger partial charge in [-0.05, 0) is 48.6 Å². The molecule has 3 aromatic carbocycles. The molecular weight excluding hydrogens is 580 g/mol. The molecule has 0 radical (unpaired) electrons. The second kappa shape index (κ2) is 11.9. The number of carbonyl (C=O) groups is 3. The average molecular weight is 621 g/mol. The lowest BCUT2D eigenvalue weighted by Crippen LogP contribution is -2.56. The second-order valence-electron chi connectivity index (χ2n) is 13.5. The van der Waals surface area contributed by atoms with E-state index in [1.807, 2.05) is 54.3 Å². The van der Waals surface area contributed by atoms with Gasteiger partial charge in [-0.25, -0.2) is 0 Å². The van der Waals surface area contributed by atoms with Gasteiger partial charge in [0.05, 0.1) is 24.0 Å². The Labute approximate surface area is 269 Å². The van der Waals surface area contributed by atoms with Gasteiger partial charge in [0.1, 0.15) is 6.61 Å². The number of hydrogen-bond acceptors (Lipinski definition) is 7. The molecule has 1 saturated heterocycles. The Hall–Kier alpha value is -4.79. The number of carbonyl (C=O) groups excluding carboxylic acids is 3. The van der Waals surface area contributed by atoms with Crippen molar-refractivity contribution in [1.29, 1.82) is 0 Å². The quantitative estimate of drug-likeness (QED) is 0.433. The number of aryl methyl sites for hydroxylation is 1. The van der Waals surface area contributed by atoms with Crippen molar-refractivity contribution in [1.82, 2.24) is 9.80 Å². The first-order valence-corrected chi connectivity index (χ1v) is 16.1. The molecule has 1 N–H and O–H groups in total. The Kier molecular flexibility index (Phi) is 7.71. The molecule has 1 fully saturated rings. The van der Waals surface area contributed by atoms with E-state index in [1.54, 1.807) is 11.0 Å². The summed E-state index contributed by atoms with van der Waals surface area (Å²) in [5.41, 5.74) is 5.36. The van der Waals surface area contributed by atoms with Crippen molar-refractivity contribution in [2.24, 2.45) is 5.41 Å². The zero-order chi connectivity index (χ0) is 32.0. The number of para-hydroxylation sites is 4. The largest absolute Gasteiger partial charge is 0.485 e. The minimum atomic E-state index is -0.714. The van der Waals surface area contributed by atoms with E-state index in [-0.39, 0.29) is 36.2 Å². The van der Waals surface area contributed by atoms with E-state index in [1.165, 1.54) is 0 Å². The van der Waals surface area contributed by atoms with Crippen LogP contribution in [0.1, 0.15) is 43.9 Å². The van der Waals surface area contributed by atoms with Gasteiger partial charge in [0, 0.05) is 43.9 Å². The molecule has 4 aliphatic rings. The first-order chi connectivity index (χ1) is 22.2. The molecule has 1 aliphatic carbocycles. The molecule has 238 valence electrons. The number of ether oxygens (including phenoxy) is 2. The molecule has 0 aromatic heterocycles. The lowest BCUT2D eigenvalue weighted by Gasteiger charge is -2.40. The predicted octanol–water partition coefficient (Wildman–Crippen LogP) is 5.12. The summed E-state index contributed by atoms with van der Waals surface area (Å²) in [7, 11) is 0. The minimum absolute atomic E-state index is 0.0437. The van der Waals surface area contributed by atoms with Crippen molar-refractivity contribution in [3.63, 3.8) is 0 Å². The Balaban J connectivity index is 1.13. The molecule has 7 rings (SSSR count). The van der Waals surface area contributed by atoms with Crippen LogP contribution < -0.4 is 19.7 Å². The lowest BCUT2D eigenvalue weighted by atomic mass is 9.73. The smallest absolute Gasteiger partial charge is 0.267 e. The van der Waals surface area contributed by atoms with E-state index in [2.05, 4.69) is 48.3 Å². The summed E-state index contributed by atoms with van der Waals surface area (Å²) in [6.45, 7) is 8.21. The van der Waals surface area contributed by atoms with E-state index in [9.17, 15) is 14.4 Å². The summed E-state index contributed by atoms with van der Waals surface area (Å²) in [6.07, 6.45) is 0.476. The first kappa shape index (κ1) is 29.9. The van der Waals surface area contributed by atoms with E-state index in [0.717, 1.165) is 40.2 Å². The number of amides is 2. The summed E-state index contributed by atoms with van der Waals surface area (Å²) < 4.78 is 11.7. The number of benzene rings is 3. The molecule has 2 atom stereocenters. The van der Waals surface area contributed by atoms with Crippen molar-refractivity contribution in [3.8, 4) is 11.5 Å². The first-order valence-electron chi connectivity index (χ1n) is 16.1. The number of anilines is 2. The fraction of sp³-hybridized carbons (Fsp3) is 0.378. The summed E-state index contributed by atoms with van der Waals surface area (Å²) in [5.74, 6) is 1.13. The SMILES string of the molecule is Cc1ccc(C2C3=C(CC(C)(C)CC3=O)Nc3ccccc3N2CC(=O)N2CCN(C(=O)C3COc4ccccc4O3)CC2)cc1. The van der Waals surface area contributed by atoms with E-state index in [4.69, 9.17) is 9.47 Å². The Morgan fingerprint density at radius 1 is 0.870 bits per heavy atom. The van der Waals surface area contributed by atoms with Crippen LogP contribution in [0.25, 0.3) is 0 Å². The number of ketones is 1. The number of nitrogens with one attached hydrogen (secondary N) is 1. The number of Topliss-reactive ketones (excluding diaryl/α,β-unsaturated/α-hetero) is 1. The molecule has 2 amide bonds. The molecule has 0 bridgehead atoms. The van der Waals surface area contributed by atoms with Gasteiger partial charge in [-0.15, -0.1) is 0 Å². The predicted molar refractivity (Wildman–Crippen MR) is 176 cm³/mol. The second-order valence-corrected chi connectivity index (χ2v) is 13.5. The van der Waals surface area contributed by atoms with Crippen LogP contribution >= 0.6 is 0 Å². The van der Waals surface area contributed by atoms with E-state index in [0.29, 0.717) is 44.1 Å². The third-order valence-electron chi connectivity index (χ3n) is 9.43. The Morgan fingerprint density at radius 3 is 2.30 bits per heavy atom. The molecule has 3 aromatic rings. The molecule has 3 heterocycles. The highest BCUT2D eigenvalue weighted by Crippen LogP contribution is 2.48. The maximum absolute atomic E-state index is 14.1. The van der Waals surface area contributed by atoms with Crippen molar-refractivity contribution in [2.45, 2.75) is 45.8 Å². The van der Waals surface area contributed by atoms with Gasteiger partial charge in [0.25, 0.3) is 5.91 Å². The number of rotatable bonds is 4. The van der Waals surface area contributed by atoms with Crippen molar-refractivity contribution in [2.75, 3.05) is 49.5 Å². The average Bonchev–Trinajstić information content (AvgIpc) is 3.18. The molecule has 9 heteroatoms. The summed E-state index contributed by atoms with van der Waals surface area (Å²) in [5, 5.41) is 3.62. The summed E-state index contributed by atoms with van der Waals surface area (Å²) in [6, 6.07) is 23.2. The molecule has 2 unspecified atom stereocenters. The minimum Gasteiger partial charge on any atom is -0.485 e. The van der Waals surface area contributed by atoms with Crippen LogP contribution in [0.15, 0.2) is 84.1 Å². The molecule has 0 saturated carbocycles. The van der Waals surface area contributed by atoms with Crippen LogP contribution in [0.2, 0.25) is 0 Å². The zero-order valence-electron chi connectivity index (χ0n) is 26.6. The Bertz CT molecular complexity index is 1710. The molecule has 46 heavy (non-hydrogen) atoms. The highest BCUT2D eigenvalue weighted by molar-refractivity contribution is 6.02.